The van der Waals surface area contributed by atoms with Crippen LogP contribution >= 0.6 is 0 Å². The molecular formula is C28H28N+. The average molecular weight is 388 g/mol. The Morgan fingerprint density at radius 3 is 2.10 bits per heavy atom. The van der Waals surface area contributed by atoms with Crippen LogP contribution in [0, 0.1) is 27.5 Å². The van der Waals surface area contributed by atoms with Crippen LogP contribution in [0.2, 0.25) is 0 Å². The first-order valence-corrected chi connectivity index (χ1v) is 9.44. The minimum Gasteiger partial charge on any atom is -0.201 e. The fourth-order valence-corrected chi connectivity index (χ4v) is 3.70. The van der Waals surface area contributed by atoms with Gasteiger partial charge in [-0.25, -0.2) is 4.57 Å². The van der Waals surface area contributed by atoms with Crippen LogP contribution in [0.4, 0.5) is 0 Å². The Morgan fingerprint density at radius 1 is 0.621 bits per heavy atom. The van der Waals surface area contributed by atoms with Crippen molar-refractivity contribution in [1.82, 2.24) is 0 Å². The number of aryl methyl sites for hydroxylation is 5. The molecule has 0 saturated carbocycles. The van der Waals surface area contributed by atoms with Gasteiger partial charge in [0.25, 0.3) is 0 Å². The Morgan fingerprint density at radius 2 is 1.34 bits per heavy atom. The lowest BCUT2D eigenvalue weighted by Gasteiger charge is -2.14. The third kappa shape index (κ3) is 3.61. The van der Waals surface area contributed by atoms with Gasteiger partial charge in [0.2, 0.25) is 5.69 Å². The number of hydrogen-bond donors (Lipinski definition) is 0. The third-order valence-electron chi connectivity index (χ3n) is 5.22. The van der Waals surface area contributed by atoms with Crippen LogP contribution < -0.4 is 4.57 Å². The smallest absolute Gasteiger partial charge is 0.201 e. The zero-order valence-electron chi connectivity index (χ0n) is 25.5. The topological polar surface area (TPSA) is 3.88 Å². The predicted molar refractivity (Wildman–Crippen MR) is 123 cm³/mol. The molecule has 1 nitrogen and oxygen atoms in total. The maximum atomic E-state index is 8.16. The van der Waals surface area contributed by atoms with E-state index in [1.54, 1.807) is 41.9 Å². The van der Waals surface area contributed by atoms with Crippen molar-refractivity contribution in [3.8, 4) is 33.5 Å². The van der Waals surface area contributed by atoms with Crippen LogP contribution in [0.1, 0.15) is 34.6 Å². The van der Waals surface area contributed by atoms with Crippen LogP contribution in [-0.4, -0.2) is 0 Å². The highest BCUT2D eigenvalue weighted by atomic mass is 14.9. The Hall–Kier alpha value is -3.19. The Bertz CT molecular complexity index is 1480. The molecule has 0 aliphatic carbocycles. The lowest BCUT2D eigenvalue weighted by Crippen LogP contribution is -2.31. The van der Waals surface area contributed by atoms with Crippen molar-refractivity contribution < 1.29 is 16.9 Å². The summed E-state index contributed by atoms with van der Waals surface area (Å²) in [4.78, 5) is 0. The predicted octanol–water partition coefficient (Wildman–Crippen LogP) is 6.75. The molecule has 0 N–H and O–H groups in total. The molecule has 1 aromatic heterocycles. The van der Waals surface area contributed by atoms with E-state index in [2.05, 4.69) is 0 Å². The summed E-state index contributed by atoms with van der Waals surface area (Å²) in [6, 6.07) is 20.8. The highest BCUT2D eigenvalue weighted by Crippen LogP contribution is 2.34. The summed E-state index contributed by atoms with van der Waals surface area (Å²) in [6.45, 7) is -5.47. The van der Waals surface area contributed by atoms with Gasteiger partial charge in [-0.1, -0.05) is 60.7 Å². The van der Waals surface area contributed by atoms with Gasteiger partial charge in [-0.15, -0.1) is 0 Å². The summed E-state index contributed by atoms with van der Waals surface area (Å²) < 4.78 is 74.6. The van der Waals surface area contributed by atoms with Gasteiger partial charge in [0.1, 0.15) is 7.05 Å². The molecule has 1 heteroatoms. The minimum atomic E-state index is -2.50. The molecule has 0 radical (unpaired) electrons. The fourth-order valence-electron chi connectivity index (χ4n) is 3.70. The van der Waals surface area contributed by atoms with E-state index < -0.39 is 20.6 Å². The number of aromatic nitrogens is 1. The molecule has 0 aliphatic heterocycles. The quantitative estimate of drug-likeness (QED) is 0.342. The average Bonchev–Trinajstić information content (AvgIpc) is 2.83. The van der Waals surface area contributed by atoms with E-state index in [0.717, 1.165) is 5.56 Å². The van der Waals surface area contributed by atoms with Gasteiger partial charge in [-0.3, -0.25) is 0 Å². The summed E-state index contributed by atoms with van der Waals surface area (Å²) in [5, 5.41) is 0. The molecule has 1 heterocycles. The van der Waals surface area contributed by atoms with Gasteiger partial charge in [-0.05, 0) is 72.5 Å². The van der Waals surface area contributed by atoms with Gasteiger partial charge in [0.05, 0.1) is 0 Å². The minimum absolute atomic E-state index is 0.0282. The van der Waals surface area contributed by atoms with Crippen LogP contribution in [0.3, 0.4) is 0 Å². The zero-order chi connectivity index (χ0) is 28.0. The molecule has 0 bridgehead atoms. The van der Waals surface area contributed by atoms with E-state index in [4.69, 9.17) is 12.3 Å². The van der Waals surface area contributed by atoms with Gasteiger partial charge < -0.3 is 0 Å². The number of rotatable bonds is 3. The molecule has 0 amide bonds. The highest BCUT2D eigenvalue weighted by Gasteiger charge is 2.19. The molecule has 0 fully saturated rings. The van der Waals surface area contributed by atoms with Crippen LogP contribution in [0.5, 0.6) is 0 Å². The zero-order valence-corrected chi connectivity index (χ0v) is 16.5. The van der Waals surface area contributed by atoms with Crippen LogP contribution in [-0.2, 0) is 7.05 Å². The first kappa shape index (κ1) is 11.1. The monoisotopic (exact) mass is 387 g/mol. The van der Waals surface area contributed by atoms with Crippen molar-refractivity contribution in [3.05, 3.63) is 101 Å². The summed E-state index contributed by atoms with van der Waals surface area (Å²) in [6.07, 6.45) is 1.51. The molecule has 144 valence electrons. The summed E-state index contributed by atoms with van der Waals surface area (Å²) in [7, 11) is 1.73. The first-order valence-electron chi connectivity index (χ1n) is 13.9. The lowest BCUT2D eigenvalue weighted by molar-refractivity contribution is -0.660. The summed E-state index contributed by atoms with van der Waals surface area (Å²) >= 11 is 0. The molecule has 0 aliphatic rings. The molecule has 0 unspecified atom stereocenters. The standard InChI is InChI=1S/C28H28N/c1-19-11-9-10-14-24(19)26-17-28(29(5)18-22(26)4)27-16-25(20(2)15-21(27)3)23-12-7-6-8-13-23/h6-18H,1-5H3/q+1/i1D3,2D3,4D3. The van der Waals surface area contributed by atoms with E-state index in [-0.39, 0.29) is 16.7 Å². The molecule has 0 saturated heterocycles. The van der Waals surface area contributed by atoms with Gasteiger partial charge in [0, 0.05) is 29.5 Å². The summed E-state index contributed by atoms with van der Waals surface area (Å²) in [5.41, 5.74) is 4.26. The molecule has 0 atom stereocenters. The third-order valence-corrected chi connectivity index (χ3v) is 5.22. The fraction of sp³-hybridized carbons (Fsp3) is 0.179. The van der Waals surface area contributed by atoms with Crippen molar-refractivity contribution in [2.24, 2.45) is 7.05 Å². The van der Waals surface area contributed by atoms with E-state index in [1.807, 2.05) is 43.3 Å². The molecule has 4 aromatic rings. The lowest BCUT2D eigenvalue weighted by atomic mass is 9.91. The molecule has 4 rings (SSSR count). The number of hydrogen-bond acceptors (Lipinski definition) is 0. The van der Waals surface area contributed by atoms with E-state index in [1.165, 1.54) is 12.3 Å². The van der Waals surface area contributed by atoms with Crippen molar-refractivity contribution in [1.29, 1.82) is 0 Å². The second-order valence-electron chi connectivity index (χ2n) is 7.22. The number of pyridine rings is 1. The van der Waals surface area contributed by atoms with Crippen LogP contribution in [0.15, 0.2) is 79.0 Å². The van der Waals surface area contributed by atoms with Crippen LogP contribution in [0.25, 0.3) is 33.5 Å². The van der Waals surface area contributed by atoms with Gasteiger partial charge in [0.15, 0.2) is 6.20 Å². The first-order chi connectivity index (χ1) is 17.6. The highest BCUT2D eigenvalue weighted by molar-refractivity contribution is 5.78. The second kappa shape index (κ2) is 7.67. The molecular weight excluding hydrogens is 350 g/mol. The number of nitrogens with zero attached hydrogens (tertiary/aromatic N) is 1. The van der Waals surface area contributed by atoms with Gasteiger partial charge in [-0.2, -0.15) is 0 Å². The van der Waals surface area contributed by atoms with Crippen molar-refractivity contribution >= 4 is 0 Å². The maximum absolute atomic E-state index is 8.16. The molecule has 0 spiro atoms. The van der Waals surface area contributed by atoms with E-state index in [0.29, 0.717) is 33.5 Å². The van der Waals surface area contributed by atoms with Crippen molar-refractivity contribution in [2.75, 3.05) is 0 Å². The van der Waals surface area contributed by atoms with E-state index in [9.17, 15) is 0 Å². The summed E-state index contributed by atoms with van der Waals surface area (Å²) in [5.74, 6) is 0. The molecule has 3 aromatic carbocycles. The van der Waals surface area contributed by atoms with Crippen molar-refractivity contribution in [3.63, 3.8) is 0 Å². The second-order valence-corrected chi connectivity index (χ2v) is 7.22. The van der Waals surface area contributed by atoms with E-state index >= 15 is 0 Å². The normalized spacial score (nSPS) is 16.8. The Kier molecular flexibility index (Phi) is 2.94. The largest absolute Gasteiger partial charge is 0.213 e. The Labute approximate surface area is 187 Å². The Balaban J connectivity index is 2.07. The molecule has 29 heavy (non-hydrogen) atoms. The number of benzene rings is 3. The van der Waals surface area contributed by atoms with Gasteiger partial charge >= 0.3 is 0 Å². The van der Waals surface area contributed by atoms with Crippen molar-refractivity contribution in [2.45, 2.75) is 27.5 Å². The SMILES string of the molecule is [2H]C([2H])([2H])c1cc(C)c(-c2cc(-c3ccccc3C([2H])([2H])[2H])c(C([2H])([2H])[2H])c[n+]2C)cc1-c1ccccc1. The maximum Gasteiger partial charge on any atom is 0.213 e.